The Morgan fingerprint density at radius 1 is 1.24 bits per heavy atom. The highest BCUT2D eigenvalue weighted by atomic mass is 32.1. The Morgan fingerprint density at radius 3 is 2.84 bits per heavy atom. The van der Waals surface area contributed by atoms with Crippen LogP contribution in [0.3, 0.4) is 0 Å². The van der Waals surface area contributed by atoms with Crippen LogP contribution in [0.25, 0.3) is 10.2 Å². The SMILES string of the molecule is Cc1sc2ncnc(NC[C@@H]([C@@H]3CCOC3)N3CCOCC3)c2c1C. The van der Waals surface area contributed by atoms with Crippen molar-refractivity contribution in [1.82, 2.24) is 14.9 Å². The fraction of sp³-hybridized carbons (Fsp3) is 0.667. The fourth-order valence-corrected chi connectivity index (χ4v) is 4.87. The van der Waals surface area contributed by atoms with E-state index in [0.29, 0.717) is 12.0 Å². The van der Waals surface area contributed by atoms with Gasteiger partial charge in [0.2, 0.25) is 0 Å². The van der Waals surface area contributed by atoms with Crippen molar-refractivity contribution in [2.24, 2.45) is 5.92 Å². The number of rotatable bonds is 5. The molecule has 25 heavy (non-hydrogen) atoms. The van der Waals surface area contributed by atoms with Crippen LogP contribution in [0.1, 0.15) is 16.9 Å². The minimum Gasteiger partial charge on any atom is -0.381 e. The van der Waals surface area contributed by atoms with Gasteiger partial charge in [0.05, 0.1) is 25.2 Å². The third-order valence-corrected chi connectivity index (χ3v) is 6.58. The molecule has 0 aliphatic carbocycles. The van der Waals surface area contributed by atoms with Crippen LogP contribution in [-0.4, -0.2) is 67.0 Å². The molecule has 2 saturated heterocycles. The molecule has 0 unspecified atom stereocenters. The van der Waals surface area contributed by atoms with Crippen molar-refractivity contribution < 1.29 is 9.47 Å². The van der Waals surface area contributed by atoms with Crippen LogP contribution in [-0.2, 0) is 9.47 Å². The largest absolute Gasteiger partial charge is 0.381 e. The Labute approximate surface area is 152 Å². The van der Waals surface area contributed by atoms with Crippen molar-refractivity contribution in [3.8, 4) is 0 Å². The predicted molar refractivity (Wildman–Crippen MR) is 100 cm³/mol. The van der Waals surface area contributed by atoms with E-state index in [1.807, 2.05) is 0 Å². The van der Waals surface area contributed by atoms with Crippen LogP contribution in [0, 0.1) is 19.8 Å². The molecule has 0 amide bonds. The minimum absolute atomic E-state index is 0.455. The molecule has 2 aromatic rings. The summed E-state index contributed by atoms with van der Waals surface area (Å²) in [7, 11) is 0. The second-order valence-corrected chi connectivity index (χ2v) is 8.11. The van der Waals surface area contributed by atoms with Gasteiger partial charge < -0.3 is 14.8 Å². The Balaban J connectivity index is 1.54. The Kier molecular flexibility index (Phi) is 5.17. The van der Waals surface area contributed by atoms with Gasteiger partial charge in [-0.2, -0.15) is 0 Å². The highest BCUT2D eigenvalue weighted by Crippen LogP contribution is 2.33. The van der Waals surface area contributed by atoms with Crippen LogP contribution in [0.5, 0.6) is 0 Å². The van der Waals surface area contributed by atoms with E-state index in [-0.39, 0.29) is 0 Å². The average molecular weight is 362 g/mol. The van der Waals surface area contributed by atoms with Gasteiger partial charge in [0.15, 0.2) is 0 Å². The van der Waals surface area contributed by atoms with E-state index in [1.54, 1.807) is 17.7 Å². The summed E-state index contributed by atoms with van der Waals surface area (Å²) in [6, 6.07) is 0.455. The second-order valence-electron chi connectivity index (χ2n) is 6.91. The zero-order chi connectivity index (χ0) is 17.2. The number of aryl methyl sites for hydroxylation is 2. The molecule has 0 spiro atoms. The van der Waals surface area contributed by atoms with Crippen LogP contribution < -0.4 is 5.32 Å². The van der Waals surface area contributed by atoms with Gasteiger partial charge in [0.25, 0.3) is 0 Å². The maximum absolute atomic E-state index is 5.66. The summed E-state index contributed by atoms with van der Waals surface area (Å²) in [6.07, 6.45) is 2.81. The monoisotopic (exact) mass is 362 g/mol. The van der Waals surface area contributed by atoms with Crippen LogP contribution in [0.15, 0.2) is 6.33 Å². The lowest BCUT2D eigenvalue weighted by atomic mass is 9.97. The molecule has 0 radical (unpaired) electrons. The van der Waals surface area contributed by atoms with E-state index in [1.165, 1.54) is 15.8 Å². The van der Waals surface area contributed by atoms with Crippen molar-refractivity contribution in [1.29, 1.82) is 0 Å². The summed E-state index contributed by atoms with van der Waals surface area (Å²) in [5.41, 5.74) is 1.29. The van der Waals surface area contributed by atoms with Crippen molar-refractivity contribution in [3.05, 3.63) is 16.8 Å². The molecule has 2 aliphatic rings. The zero-order valence-electron chi connectivity index (χ0n) is 15.0. The normalized spacial score (nSPS) is 23.2. The van der Waals surface area contributed by atoms with Gasteiger partial charge in [-0.3, -0.25) is 4.90 Å². The third-order valence-electron chi connectivity index (χ3n) is 5.47. The summed E-state index contributed by atoms with van der Waals surface area (Å²) in [5, 5.41) is 4.81. The third kappa shape index (κ3) is 3.51. The Morgan fingerprint density at radius 2 is 2.08 bits per heavy atom. The van der Waals surface area contributed by atoms with Crippen molar-refractivity contribution in [2.75, 3.05) is 51.4 Å². The van der Waals surface area contributed by atoms with E-state index in [0.717, 1.165) is 63.1 Å². The predicted octanol–water partition coefficient (Wildman–Crippen LogP) is 2.46. The van der Waals surface area contributed by atoms with Gasteiger partial charge in [0, 0.05) is 43.1 Å². The van der Waals surface area contributed by atoms with Crippen molar-refractivity contribution in [3.63, 3.8) is 0 Å². The maximum Gasteiger partial charge on any atom is 0.138 e. The number of hydrogen-bond acceptors (Lipinski definition) is 7. The topological polar surface area (TPSA) is 59.5 Å². The lowest BCUT2D eigenvalue weighted by Crippen LogP contribution is -2.50. The van der Waals surface area contributed by atoms with Gasteiger partial charge in [-0.15, -0.1) is 11.3 Å². The van der Waals surface area contributed by atoms with Gasteiger partial charge in [-0.1, -0.05) is 0 Å². The van der Waals surface area contributed by atoms with Gasteiger partial charge in [0.1, 0.15) is 17.0 Å². The number of morpholine rings is 1. The number of nitrogens with one attached hydrogen (secondary N) is 1. The quantitative estimate of drug-likeness (QED) is 0.882. The van der Waals surface area contributed by atoms with Gasteiger partial charge in [-0.25, -0.2) is 9.97 Å². The molecule has 136 valence electrons. The van der Waals surface area contributed by atoms with E-state index in [9.17, 15) is 0 Å². The van der Waals surface area contributed by atoms with Gasteiger partial charge in [-0.05, 0) is 25.8 Å². The van der Waals surface area contributed by atoms with Crippen LogP contribution in [0.4, 0.5) is 5.82 Å². The van der Waals surface area contributed by atoms with Crippen LogP contribution in [0.2, 0.25) is 0 Å². The number of nitrogens with zero attached hydrogens (tertiary/aromatic N) is 3. The van der Waals surface area contributed by atoms with E-state index < -0.39 is 0 Å². The smallest absolute Gasteiger partial charge is 0.138 e. The van der Waals surface area contributed by atoms with Crippen molar-refractivity contribution in [2.45, 2.75) is 26.3 Å². The van der Waals surface area contributed by atoms with Crippen LogP contribution >= 0.6 is 11.3 Å². The lowest BCUT2D eigenvalue weighted by Gasteiger charge is -2.37. The lowest BCUT2D eigenvalue weighted by molar-refractivity contribution is 0.00460. The summed E-state index contributed by atoms with van der Waals surface area (Å²) in [5.74, 6) is 1.54. The molecule has 0 saturated carbocycles. The molecule has 6 nitrogen and oxygen atoms in total. The number of anilines is 1. The number of thiophene rings is 1. The summed E-state index contributed by atoms with van der Waals surface area (Å²) in [6.45, 7) is 10.6. The number of ether oxygens (including phenoxy) is 2. The summed E-state index contributed by atoms with van der Waals surface area (Å²) in [4.78, 5) is 13.9. The Hall–Kier alpha value is -1.28. The first kappa shape index (κ1) is 17.1. The first-order chi connectivity index (χ1) is 12.2. The molecule has 2 fully saturated rings. The second kappa shape index (κ2) is 7.53. The highest BCUT2D eigenvalue weighted by Gasteiger charge is 2.31. The first-order valence-electron chi connectivity index (χ1n) is 9.08. The number of fused-ring (bicyclic) bond motifs is 1. The molecule has 2 aliphatic heterocycles. The highest BCUT2D eigenvalue weighted by molar-refractivity contribution is 7.18. The summed E-state index contributed by atoms with van der Waals surface area (Å²) < 4.78 is 11.2. The Bertz CT molecular complexity index is 723. The number of hydrogen-bond donors (Lipinski definition) is 1. The molecule has 4 rings (SSSR count). The molecule has 0 bridgehead atoms. The standard InChI is InChI=1S/C18H26N4O2S/c1-12-13(2)25-18-16(12)17(20-11-21-18)19-9-15(14-3-6-24-10-14)22-4-7-23-8-5-22/h11,14-15H,3-10H2,1-2H3,(H,19,20,21)/t14-,15+/m1/s1. The molecule has 2 atom stereocenters. The van der Waals surface area contributed by atoms with E-state index in [2.05, 4.69) is 34.0 Å². The molecular weight excluding hydrogens is 336 g/mol. The van der Waals surface area contributed by atoms with Gasteiger partial charge >= 0.3 is 0 Å². The van der Waals surface area contributed by atoms with E-state index in [4.69, 9.17) is 9.47 Å². The zero-order valence-corrected chi connectivity index (χ0v) is 15.8. The minimum atomic E-state index is 0.455. The van der Waals surface area contributed by atoms with E-state index >= 15 is 0 Å². The molecule has 2 aromatic heterocycles. The molecular formula is C18H26N4O2S. The number of aromatic nitrogens is 2. The first-order valence-corrected chi connectivity index (χ1v) is 9.90. The molecule has 0 aromatic carbocycles. The van der Waals surface area contributed by atoms with Crippen molar-refractivity contribution >= 4 is 27.4 Å². The molecule has 1 N–H and O–H groups in total. The molecule has 7 heteroatoms. The molecule has 4 heterocycles. The summed E-state index contributed by atoms with van der Waals surface area (Å²) >= 11 is 1.74. The average Bonchev–Trinajstić information content (AvgIpc) is 3.26. The fourth-order valence-electron chi connectivity index (χ4n) is 3.88. The maximum atomic E-state index is 5.66.